The number of methoxy groups -OCH3 is 2. The van der Waals surface area contributed by atoms with Crippen LogP contribution in [0.5, 0.6) is 0 Å². The topological polar surface area (TPSA) is 98.8 Å². The second-order valence-electron chi connectivity index (χ2n) is 3.30. The zero-order valence-corrected chi connectivity index (χ0v) is 9.94. The standard InChI is InChI=1S/C10H15NO6/c1-6(12)4-8(13)11-7(10(15)17-3)5-9(14)16-2/h7H,4-5H2,1-3H3,(H,11,13). The van der Waals surface area contributed by atoms with Crippen molar-refractivity contribution in [1.29, 1.82) is 0 Å². The Hall–Kier alpha value is -1.92. The molecular weight excluding hydrogens is 230 g/mol. The van der Waals surface area contributed by atoms with Gasteiger partial charge in [0.05, 0.1) is 27.1 Å². The number of ketones is 1. The summed E-state index contributed by atoms with van der Waals surface area (Å²) < 4.78 is 8.79. The Morgan fingerprint density at radius 1 is 1.12 bits per heavy atom. The first kappa shape index (κ1) is 15.1. The van der Waals surface area contributed by atoms with Crippen LogP contribution in [0.2, 0.25) is 0 Å². The van der Waals surface area contributed by atoms with Gasteiger partial charge in [-0.1, -0.05) is 0 Å². The third kappa shape index (κ3) is 6.29. The van der Waals surface area contributed by atoms with Gasteiger partial charge in [0.25, 0.3) is 0 Å². The highest BCUT2D eigenvalue weighted by Crippen LogP contribution is 1.98. The maximum absolute atomic E-state index is 11.3. The van der Waals surface area contributed by atoms with E-state index in [1.807, 2.05) is 0 Å². The van der Waals surface area contributed by atoms with Crippen LogP contribution in [0, 0.1) is 0 Å². The maximum atomic E-state index is 11.3. The summed E-state index contributed by atoms with van der Waals surface area (Å²) in [5.74, 6) is -2.42. The minimum atomic E-state index is -1.14. The maximum Gasteiger partial charge on any atom is 0.328 e. The van der Waals surface area contributed by atoms with E-state index in [4.69, 9.17) is 0 Å². The van der Waals surface area contributed by atoms with E-state index in [1.54, 1.807) is 0 Å². The second-order valence-corrected chi connectivity index (χ2v) is 3.30. The number of carbonyl (C=O) groups excluding carboxylic acids is 4. The molecule has 0 saturated heterocycles. The molecule has 0 spiro atoms. The van der Waals surface area contributed by atoms with Gasteiger partial charge in [-0.25, -0.2) is 4.79 Å². The van der Waals surface area contributed by atoms with Crippen LogP contribution in [0.1, 0.15) is 19.8 Å². The molecule has 1 amide bonds. The van der Waals surface area contributed by atoms with Crippen molar-refractivity contribution in [3.63, 3.8) is 0 Å². The number of hydrogen-bond acceptors (Lipinski definition) is 6. The first-order chi connectivity index (χ1) is 7.90. The zero-order chi connectivity index (χ0) is 13.4. The lowest BCUT2D eigenvalue weighted by Gasteiger charge is -2.14. The first-order valence-corrected chi connectivity index (χ1v) is 4.84. The normalized spacial score (nSPS) is 11.2. The van der Waals surface area contributed by atoms with Crippen LogP contribution in [0.3, 0.4) is 0 Å². The summed E-state index contributed by atoms with van der Waals surface area (Å²) in [7, 11) is 2.29. The van der Waals surface area contributed by atoms with Crippen molar-refractivity contribution >= 4 is 23.6 Å². The Balaban J connectivity index is 4.48. The van der Waals surface area contributed by atoms with E-state index in [9.17, 15) is 19.2 Å². The molecule has 0 aromatic rings. The van der Waals surface area contributed by atoms with Gasteiger partial charge in [-0.15, -0.1) is 0 Å². The predicted octanol–water partition coefficient (Wildman–Crippen LogP) is -0.814. The number of amides is 1. The lowest BCUT2D eigenvalue weighted by molar-refractivity contribution is -0.150. The number of hydrogen-bond donors (Lipinski definition) is 1. The molecule has 0 radical (unpaired) electrons. The number of carbonyl (C=O) groups is 4. The highest BCUT2D eigenvalue weighted by molar-refractivity contribution is 5.98. The van der Waals surface area contributed by atoms with E-state index in [0.29, 0.717) is 0 Å². The van der Waals surface area contributed by atoms with Gasteiger partial charge in [-0.3, -0.25) is 14.4 Å². The van der Waals surface area contributed by atoms with Gasteiger partial charge in [0.15, 0.2) is 0 Å². The van der Waals surface area contributed by atoms with Gasteiger partial charge >= 0.3 is 11.9 Å². The summed E-state index contributed by atoms with van der Waals surface area (Å²) in [6.45, 7) is 1.24. The largest absolute Gasteiger partial charge is 0.469 e. The molecule has 0 bridgehead atoms. The van der Waals surface area contributed by atoms with Crippen LogP contribution in [-0.4, -0.2) is 43.9 Å². The number of ether oxygens (including phenoxy) is 2. The minimum absolute atomic E-state index is 0.340. The van der Waals surface area contributed by atoms with Gasteiger partial charge in [0.1, 0.15) is 11.8 Å². The molecule has 17 heavy (non-hydrogen) atoms. The predicted molar refractivity (Wildman–Crippen MR) is 55.9 cm³/mol. The first-order valence-electron chi connectivity index (χ1n) is 4.84. The lowest BCUT2D eigenvalue weighted by Crippen LogP contribution is -2.43. The van der Waals surface area contributed by atoms with Crippen molar-refractivity contribution in [2.45, 2.75) is 25.8 Å². The summed E-state index contributed by atoms with van der Waals surface area (Å²) in [4.78, 5) is 44.2. The SMILES string of the molecule is COC(=O)CC(NC(=O)CC(C)=O)C(=O)OC. The second kappa shape index (κ2) is 7.37. The summed E-state index contributed by atoms with van der Waals surface area (Å²) in [6, 6.07) is -1.14. The molecule has 0 fully saturated rings. The fourth-order valence-electron chi connectivity index (χ4n) is 1.06. The molecule has 0 heterocycles. The summed E-state index contributed by atoms with van der Waals surface area (Å²) in [5.41, 5.74) is 0. The molecule has 0 rings (SSSR count). The Morgan fingerprint density at radius 2 is 1.71 bits per heavy atom. The van der Waals surface area contributed by atoms with Crippen molar-refractivity contribution in [2.75, 3.05) is 14.2 Å². The van der Waals surface area contributed by atoms with Crippen molar-refractivity contribution < 1.29 is 28.7 Å². The van der Waals surface area contributed by atoms with Crippen LogP contribution in [0.4, 0.5) is 0 Å². The monoisotopic (exact) mass is 245 g/mol. The van der Waals surface area contributed by atoms with E-state index < -0.39 is 23.9 Å². The Bertz CT molecular complexity index is 325. The molecule has 1 unspecified atom stereocenters. The molecular formula is C10H15NO6. The Labute approximate surface area is 98.4 Å². The number of Topliss-reactive ketones (excluding diaryl/α,β-unsaturated/α-hetero) is 1. The third-order valence-corrected chi connectivity index (χ3v) is 1.83. The Morgan fingerprint density at radius 3 is 2.12 bits per heavy atom. The van der Waals surface area contributed by atoms with Crippen LogP contribution in [0.15, 0.2) is 0 Å². The molecule has 7 heteroatoms. The van der Waals surface area contributed by atoms with E-state index in [0.717, 1.165) is 14.2 Å². The molecule has 7 nitrogen and oxygen atoms in total. The van der Waals surface area contributed by atoms with Gasteiger partial charge in [-0.2, -0.15) is 0 Å². The quantitative estimate of drug-likeness (QED) is 0.485. The van der Waals surface area contributed by atoms with E-state index in [1.165, 1.54) is 6.92 Å². The van der Waals surface area contributed by atoms with Crippen molar-refractivity contribution in [2.24, 2.45) is 0 Å². The van der Waals surface area contributed by atoms with Crippen molar-refractivity contribution in [1.82, 2.24) is 5.32 Å². The summed E-state index contributed by atoms with van der Waals surface area (Å²) >= 11 is 0. The fraction of sp³-hybridized carbons (Fsp3) is 0.600. The molecule has 0 aliphatic rings. The molecule has 0 aromatic carbocycles. The highest BCUT2D eigenvalue weighted by Gasteiger charge is 2.25. The highest BCUT2D eigenvalue weighted by atomic mass is 16.5. The zero-order valence-electron chi connectivity index (χ0n) is 9.94. The van der Waals surface area contributed by atoms with Crippen molar-refractivity contribution in [3.05, 3.63) is 0 Å². The Kier molecular flexibility index (Phi) is 6.54. The van der Waals surface area contributed by atoms with Crippen molar-refractivity contribution in [3.8, 4) is 0 Å². The van der Waals surface area contributed by atoms with E-state index >= 15 is 0 Å². The molecule has 0 aliphatic carbocycles. The van der Waals surface area contributed by atoms with E-state index in [-0.39, 0.29) is 18.6 Å². The minimum Gasteiger partial charge on any atom is -0.469 e. The van der Waals surface area contributed by atoms with Gasteiger partial charge in [0.2, 0.25) is 5.91 Å². The van der Waals surface area contributed by atoms with Gasteiger partial charge in [0, 0.05) is 0 Å². The molecule has 96 valence electrons. The molecule has 0 aliphatic heterocycles. The van der Waals surface area contributed by atoms with Crippen LogP contribution in [0.25, 0.3) is 0 Å². The van der Waals surface area contributed by atoms with Gasteiger partial charge in [-0.05, 0) is 6.92 Å². The number of esters is 2. The van der Waals surface area contributed by atoms with Crippen LogP contribution >= 0.6 is 0 Å². The smallest absolute Gasteiger partial charge is 0.328 e. The molecule has 0 aromatic heterocycles. The van der Waals surface area contributed by atoms with Gasteiger partial charge < -0.3 is 14.8 Å². The average Bonchev–Trinajstić information content (AvgIpc) is 2.25. The van der Waals surface area contributed by atoms with E-state index in [2.05, 4.69) is 14.8 Å². The summed E-state index contributed by atoms with van der Waals surface area (Å²) in [5, 5.41) is 2.23. The molecule has 1 N–H and O–H groups in total. The third-order valence-electron chi connectivity index (χ3n) is 1.83. The summed E-state index contributed by atoms with van der Waals surface area (Å²) in [6.07, 6.45) is -0.693. The number of nitrogens with one attached hydrogen (secondary N) is 1. The molecule has 0 saturated carbocycles. The molecule has 1 atom stereocenters. The number of rotatable bonds is 6. The van der Waals surface area contributed by atoms with Crippen LogP contribution in [-0.2, 0) is 28.7 Å². The average molecular weight is 245 g/mol. The van der Waals surface area contributed by atoms with Crippen LogP contribution < -0.4 is 5.32 Å². The fourth-order valence-corrected chi connectivity index (χ4v) is 1.06. The lowest BCUT2D eigenvalue weighted by atomic mass is 10.2.